The average molecular weight is 572 g/mol. The van der Waals surface area contributed by atoms with Crippen LogP contribution in [0.15, 0.2) is 40.9 Å². The fourth-order valence-electron chi connectivity index (χ4n) is 3.53. The first kappa shape index (κ1) is 30.3. The zero-order valence-corrected chi connectivity index (χ0v) is 21.7. The summed E-state index contributed by atoms with van der Waals surface area (Å²) in [6.45, 7) is 5.43. The Kier molecular flexibility index (Phi) is 11.9. The van der Waals surface area contributed by atoms with Gasteiger partial charge in [0.1, 0.15) is 11.5 Å². The number of halogens is 6. The summed E-state index contributed by atoms with van der Waals surface area (Å²) in [5, 5.41) is 21.3. The molecule has 2 aromatic carbocycles. The van der Waals surface area contributed by atoms with Crippen LogP contribution < -0.4 is 10.2 Å². The first-order valence-electron chi connectivity index (χ1n) is 10.8. The Hall–Kier alpha value is -1.71. The molecule has 0 amide bonds. The van der Waals surface area contributed by atoms with Crippen LogP contribution in [-0.4, -0.2) is 48.2 Å². The van der Waals surface area contributed by atoms with Crippen LogP contribution >= 0.6 is 28.3 Å². The van der Waals surface area contributed by atoms with Gasteiger partial charge in [0.2, 0.25) is 0 Å². The molecule has 0 radical (unpaired) electrons. The topological polar surface area (TPSA) is 55.7 Å². The molecule has 34 heavy (non-hydrogen) atoms. The summed E-state index contributed by atoms with van der Waals surface area (Å²) in [4.78, 5) is 1.89. The third kappa shape index (κ3) is 11.1. The van der Waals surface area contributed by atoms with E-state index in [0.717, 1.165) is 21.3 Å². The molecule has 0 aliphatic carbocycles. The van der Waals surface area contributed by atoms with Crippen molar-refractivity contribution in [2.75, 3.05) is 31.1 Å². The molecule has 4 rings (SSSR count). The molecule has 0 unspecified atom stereocenters. The van der Waals surface area contributed by atoms with Gasteiger partial charge in [-0.1, -0.05) is 15.9 Å². The summed E-state index contributed by atoms with van der Waals surface area (Å²) in [6, 6.07) is 10.5. The number of nitrogens with zero attached hydrogens (tertiary/aromatic N) is 1. The van der Waals surface area contributed by atoms with Crippen molar-refractivity contribution >= 4 is 34.0 Å². The summed E-state index contributed by atoms with van der Waals surface area (Å²) >= 11 is 3.25. The normalized spacial score (nSPS) is 18.4. The van der Waals surface area contributed by atoms with E-state index in [-0.39, 0.29) is 43.8 Å². The summed E-state index contributed by atoms with van der Waals surface area (Å²) in [5.41, 5.74) is 2.82. The Morgan fingerprint density at radius 2 is 1.24 bits per heavy atom. The molecule has 0 bridgehead atoms. The highest BCUT2D eigenvalue weighted by atomic mass is 79.9. The lowest BCUT2D eigenvalue weighted by Gasteiger charge is -2.33. The number of phenols is 2. The summed E-state index contributed by atoms with van der Waals surface area (Å²) < 4.78 is 51.2. The van der Waals surface area contributed by atoms with Crippen molar-refractivity contribution in [2.24, 2.45) is 0 Å². The smallest absolute Gasteiger partial charge is 0.251 e. The Morgan fingerprint density at radius 1 is 0.765 bits per heavy atom. The van der Waals surface area contributed by atoms with Crippen molar-refractivity contribution in [1.82, 2.24) is 5.32 Å². The minimum atomic E-state index is -2.53. The molecule has 2 aliphatic rings. The number of aryl methyl sites for hydroxylation is 2. The number of phenolic OH excluding ortho intramolecular Hbond substituents is 2. The van der Waals surface area contributed by atoms with Crippen LogP contribution in [0.25, 0.3) is 0 Å². The molecule has 192 valence electrons. The standard InChI is InChI=1S/C12H15F2NO.C7H7BrO.C5H9F2N.ClH/c1-9-6-10(8-11(16)7-9)15-4-2-12(13,14)3-5-15;1-5-2-6(8)4-7(9)3-5;6-5(7)1-3-8-4-2-5;/h6-8,16H,2-5H2,1H3;2-4,9H,1H3;8H,1-4H2;1H. The first-order chi connectivity index (χ1) is 15.3. The molecule has 2 saturated heterocycles. The molecule has 0 spiro atoms. The van der Waals surface area contributed by atoms with Crippen molar-refractivity contribution in [3.05, 3.63) is 52.0 Å². The monoisotopic (exact) mass is 570 g/mol. The van der Waals surface area contributed by atoms with Gasteiger partial charge in [-0.2, -0.15) is 0 Å². The lowest BCUT2D eigenvalue weighted by molar-refractivity contribution is -0.0274. The zero-order chi connectivity index (χ0) is 24.6. The quantitative estimate of drug-likeness (QED) is 0.329. The molecule has 2 aliphatic heterocycles. The SMILES string of the molecule is Cc1cc(O)cc(Br)c1.Cc1cc(O)cc(N2CCC(F)(F)CC2)c1.Cl.FC1(F)CCNCC1. The molecule has 2 aromatic rings. The average Bonchev–Trinajstić information content (AvgIpc) is 2.67. The minimum absolute atomic E-state index is 0. The van der Waals surface area contributed by atoms with Gasteiger partial charge < -0.3 is 20.4 Å². The lowest BCUT2D eigenvalue weighted by atomic mass is 10.1. The molecular formula is C24H32BrClF4N2O2. The van der Waals surface area contributed by atoms with E-state index in [1.165, 1.54) is 0 Å². The second kappa shape index (κ2) is 13.4. The van der Waals surface area contributed by atoms with E-state index in [4.69, 9.17) is 5.11 Å². The largest absolute Gasteiger partial charge is 0.508 e. The highest BCUT2D eigenvalue weighted by Crippen LogP contribution is 2.32. The van der Waals surface area contributed by atoms with Gasteiger partial charge in [0.25, 0.3) is 11.8 Å². The van der Waals surface area contributed by atoms with Crippen LogP contribution in [0.3, 0.4) is 0 Å². The van der Waals surface area contributed by atoms with Crippen LogP contribution in [0.4, 0.5) is 23.2 Å². The van der Waals surface area contributed by atoms with Gasteiger partial charge in [0.05, 0.1) is 0 Å². The minimum Gasteiger partial charge on any atom is -0.508 e. The van der Waals surface area contributed by atoms with Gasteiger partial charge >= 0.3 is 0 Å². The number of piperidine rings is 2. The lowest BCUT2D eigenvalue weighted by Crippen LogP contribution is -2.39. The highest BCUT2D eigenvalue weighted by molar-refractivity contribution is 9.10. The van der Waals surface area contributed by atoms with Crippen LogP contribution in [0, 0.1) is 13.8 Å². The number of hydrogen-bond donors (Lipinski definition) is 3. The maximum atomic E-state index is 13.0. The molecule has 2 fully saturated rings. The van der Waals surface area contributed by atoms with Crippen molar-refractivity contribution < 1.29 is 27.8 Å². The number of alkyl halides is 4. The Bertz CT molecular complexity index is 830. The van der Waals surface area contributed by atoms with Gasteiger partial charge in [0, 0.05) is 68.1 Å². The van der Waals surface area contributed by atoms with E-state index in [1.54, 1.807) is 24.3 Å². The van der Waals surface area contributed by atoms with Gasteiger partial charge in [-0.25, -0.2) is 17.6 Å². The van der Waals surface area contributed by atoms with Gasteiger partial charge in [-0.05, 0) is 55.3 Å². The maximum Gasteiger partial charge on any atom is 0.251 e. The molecule has 0 atom stereocenters. The van der Waals surface area contributed by atoms with E-state index in [1.807, 2.05) is 30.9 Å². The number of anilines is 1. The van der Waals surface area contributed by atoms with E-state index in [2.05, 4.69) is 21.2 Å². The fourth-order valence-corrected chi connectivity index (χ4v) is 4.12. The summed E-state index contributed by atoms with van der Waals surface area (Å²) in [7, 11) is 0. The number of hydrogen-bond acceptors (Lipinski definition) is 4. The van der Waals surface area contributed by atoms with Crippen LogP contribution in [0.5, 0.6) is 11.5 Å². The summed E-state index contributed by atoms with van der Waals surface area (Å²) in [6.07, 6.45) is -0.205. The Morgan fingerprint density at radius 3 is 1.65 bits per heavy atom. The van der Waals surface area contributed by atoms with Crippen LogP contribution in [-0.2, 0) is 0 Å². The van der Waals surface area contributed by atoms with Crippen molar-refractivity contribution in [3.63, 3.8) is 0 Å². The molecule has 10 heteroatoms. The van der Waals surface area contributed by atoms with E-state index in [9.17, 15) is 22.7 Å². The maximum absolute atomic E-state index is 13.0. The van der Waals surface area contributed by atoms with Gasteiger partial charge in [-0.15, -0.1) is 12.4 Å². The number of benzene rings is 2. The Labute approximate surface area is 212 Å². The van der Waals surface area contributed by atoms with Crippen molar-refractivity contribution in [3.8, 4) is 11.5 Å². The van der Waals surface area contributed by atoms with E-state index < -0.39 is 11.8 Å². The third-order valence-electron chi connectivity index (χ3n) is 5.27. The third-order valence-corrected chi connectivity index (χ3v) is 5.73. The molecule has 0 saturated carbocycles. The molecule has 2 heterocycles. The van der Waals surface area contributed by atoms with Crippen molar-refractivity contribution in [1.29, 1.82) is 0 Å². The predicted molar refractivity (Wildman–Crippen MR) is 134 cm³/mol. The summed E-state index contributed by atoms with van der Waals surface area (Å²) in [5.74, 6) is -4.41. The van der Waals surface area contributed by atoms with E-state index >= 15 is 0 Å². The fraction of sp³-hybridized carbons (Fsp3) is 0.500. The van der Waals surface area contributed by atoms with Crippen LogP contribution in [0.1, 0.15) is 36.8 Å². The van der Waals surface area contributed by atoms with Crippen LogP contribution in [0.2, 0.25) is 0 Å². The number of aromatic hydroxyl groups is 2. The van der Waals surface area contributed by atoms with Crippen molar-refractivity contribution in [2.45, 2.75) is 51.4 Å². The second-order valence-electron chi connectivity index (χ2n) is 8.46. The molecular weight excluding hydrogens is 540 g/mol. The molecule has 0 aromatic heterocycles. The van der Waals surface area contributed by atoms with E-state index in [0.29, 0.717) is 31.9 Å². The van der Waals surface area contributed by atoms with Gasteiger partial charge in [-0.3, -0.25) is 0 Å². The first-order valence-corrected chi connectivity index (χ1v) is 11.6. The predicted octanol–water partition coefficient (Wildman–Crippen LogP) is 6.83. The molecule has 4 nitrogen and oxygen atoms in total. The number of rotatable bonds is 1. The Balaban J connectivity index is 0.000000274. The zero-order valence-electron chi connectivity index (χ0n) is 19.3. The second-order valence-corrected chi connectivity index (χ2v) is 9.38. The van der Waals surface area contributed by atoms with Gasteiger partial charge in [0.15, 0.2) is 0 Å². The number of nitrogens with one attached hydrogen (secondary N) is 1. The highest BCUT2D eigenvalue weighted by Gasteiger charge is 2.34. The molecule has 3 N–H and O–H groups in total.